The maximum Gasteiger partial charge on any atom is 0.175 e. The van der Waals surface area contributed by atoms with E-state index in [4.69, 9.17) is 28.2 Å². The third-order valence-electron chi connectivity index (χ3n) is 6.19. The van der Waals surface area contributed by atoms with Crippen molar-refractivity contribution in [3.63, 3.8) is 0 Å². The van der Waals surface area contributed by atoms with Gasteiger partial charge < -0.3 is 15.3 Å². The van der Waals surface area contributed by atoms with Crippen LogP contribution < -0.4 is 10.2 Å². The smallest absolute Gasteiger partial charge is 0.175 e. The number of hydrogen-bond donors (Lipinski definition) is 2. The molecular formula is C24H29Cl2N7O. The van der Waals surface area contributed by atoms with Gasteiger partial charge >= 0.3 is 0 Å². The fraction of sp³-hybridized carbons (Fsp3) is 0.458. The van der Waals surface area contributed by atoms with Gasteiger partial charge in [-0.25, -0.2) is 4.98 Å². The Kier molecular flexibility index (Phi) is 8.46. The van der Waals surface area contributed by atoms with Gasteiger partial charge in [0.05, 0.1) is 11.9 Å². The zero-order chi connectivity index (χ0) is 23.9. The number of alkyl halides is 2. The van der Waals surface area contributed by atoms with E-state index in [1.807, 2.05) is 24.3 Å². The average Bonchev–Trinajstić information content (AvgIpc) is 3.28. The number of nitrogens with zero attached hydrogens (tertiary/aromatic N) is 6. The molecule has 2 N–H and O–H groups in total. The molecule has 1 aromatic carbocycles. The van der Waals surface area contributed by atoms with Crippen molar-refractivity contribution in [1.82, 2.24) is 19.5 Å². The summed E-state index contributed by atoms with van der Waals surface area (Å²) in [5, 5.41) is 26.8. The van der Waals surface area contributed by atoms with Crippen LogP contribution in [0.5, 0.6) is 0 Å². The third-order valence-corrected chi connectivity index (χ3v) is 6.53. The summed E-state index contributed by atoms with van der Waals surface area (Å²) in [5.41, 5.74) is 3.77. The summed E-state index contributed by atoms with van der Waals surface area (Å²) in [7, 11) is 0. The van der Waals surface area contributed by atoms with Crippen molar-refractivity contribution in [1.29, 1.82) is 5.26 Å². The first kappa shape index (κ1) is 24.6. The molecule has 0 saturated carbocycles. The summed E-state index contributed by atoms with van der Waals surface area (Å²) in [5.74, 6) is 2.16. The number of anilines is 3. The fourth-order valence-corrected chi connectivity index (χ4v) is 4.73. The number of piperidine rings is 1. The zero-order valence-electron chi connectivity index (χ0n) is 19.0. The van der Waals surface area contributed by atoms with Gasteiger partial charge in [0.25, 0.3) is 0 Å². The fourth-order valence-electron chi connectivity index (χ4n) is 4.32. The molecule has 10 heteroatoms. The van der Waals surface area contributed by atoms with E-state index in [0.29, 0.717) is 48.5 Å². The molecule has 0 bridgehead atoms. The molecule has 3 aromatic rings. The van der Waals surface area contributed by atoms with E-state index in [9.17, 15) is 10.4 Å². The van der Waals surface area contributed by atoms with Crippen LogP contribution in [0, 0.1) is 17.2 Å². The Bertz CT molecular complexity index is 1130. The molecule has 2 aromatic heterocycles. The van der Waals surface area contributed by atoms with Crippen molar-refractivity contribution in [3.05, 3.63) is 47.8 Å². The second-order valence-corrected chi connectivity index (χ2v) is 9.24. The van der Waals surface area contributed by atoms with Crippen molar-refractivity contribution >= 4 is 46.0 Å². The lowest BCUT2D eigenvalue weighted by atomic mass is 9.98. The molecule has 0 aliphatic carbocycles. The monoisotopic (exact) mass is 501 g/mol. The van der Waals surface area contributed by atoms with Crippen molar-refractivity contribution in [3.8, 4) is 6.07 Å². The molecule has 0 radical (unpaired) electrons. The first-order chi connectivity index (χ1) is 16.6. The minimum atomic E-state index is 0.250. The topological polar surface area (TPSA) is 92.7 Å². The van der Waals surface area contributed by atoms with Crippen LogP contribution in [-0.2, 0) is 6.54 Å². The van der Waals surface area contributed by atoms with Gasteiger partial charge in [0.15, 0.2) is 5.65 Å². The van der Waals surface area contributed by atoms with Crippen LogP contribution in [0.2, 0.25) is 0 Å². The van der Waals surface area contributed by atoms with Gasteiger partial charge in [-0.15, -0.1) is 23.2 Å². The summed E-state index contributed by atoms with van der Waals surface area (Å²) in [4.78, 5) is 9.24. The quantitative estimate of drug-likeness (QED) is 0.407. The second-order valence-electron chi connectivity index (χ2n) is 8.48. The van der Waals surface area contributed by atoms with Crippen LogP contribution in [0.15, 0.2) is 36.5 Å². The number of halogens is 2. The number of aliphatic hydroxyl groups excluding tert-OH is 1. The lowest BCUT2D eigenvalue weighted by molar-refractivity contribution is 0.126. The highest BCUT2D eigenvalue weighted by Gasteiger charge is 2.20. The molecule has 4 rings (SSSR count). The molecule has 180 valence electrons. The normalized spacial score (nSPS) is 14.9. The first-order valence-corrected chi connectivity index (χ1v) is 12.6. The first-order valence-electron chi connectivity index (χ1n) is 11.5. The maximum absolute atomic E-state index is 9.55. The van der Waals surface area contributed by atoms with Gasteiger partial charge in [-0.1, -0.05) is 6.07 Å². The Morgan fingerprint density at radius 1 is 1.18 bits per heavy atom. The zero-order valence-corrected chi connectivity index (χ0v) is 20.5. The lowest BCUT2D eigenvalue weighted by Gasteiger charge is -2.30. The van der Waals surface area contributed by atoms with E-state index in [1.54, 1.807) is 10.7 Å². The summed E-state index contributed by atoms with van der Waals surface area (Å²) >= 11 is 12.0. The Balaban J connectivity index is 1.61. The van der Waals surface area contributed by atoms with Gasteiger partial charge in [-0.05, 0) is 50.0 Å². The van der Waals surface area contributed by atoms with E-state index >= 15 is 0 Å². The summed E-state index contributed by atoms with van der Waals surface area (Å²) in [6.07, 6.45) is 3.50. The number of aromatic nitrogens is 3. The van der Waals surface area contributed by atoms with Gasteiger partial charge in [0.2, 0.25) is 0 Å². The molecule has 0 unspecified atom stereocenters. The predicted molar refractivity (Wildman–Crippen MR) is 136 cm³/mol. The van der Waals surface area contributed by atoms with Crippen molar-refractivity contribution < 1.29 is 5.11 Å². The van der Waals surface area contributed by atoms with Crippen LogP contribution in [-0.4, -0.2) is 69.2 Å². The number of fused-ring (bicyclic) bond motifs is 1. The van der Waals surface area contributed by atoms with Crippen LogP contribution in [0.1, 0.15) is 24.1 Å². The molecule has 0 spiro atoms. The number of aliphatic hydroxyl groups is 1. The number of likely N-dealkylation sites (tertiary alicyclic amines) is 1. The molecule has 3 heterocycles. The summed E-state index contributed by atoms with van der Waals surface area (Å²) in [6, 6.07) is 12.2. The van der Waals surface area contributed by atoms with Gasteiger partial charge in [0.1, 0.15) is 17.5 Å². The largest absolute Gasteiger partial charge is 0.396 e. The van der Waals surface area contributed by atoms with Gasteiger partial charge in [-0.2, -0.15) is 14.9 Å². The average molecular weight is 502 g/mol. The van der Waals surface area contributed by atoms with Crippen LogP contribution in [0.3, 0.4) is 0 Å². The number of hydrogen-bond acceptors (Lipinski definition) is 7. The molecule has 1 fully saturated rings. The highest BCUT2D eigenvalue weighted by molar-refractivity contribution is 6.18. The van der Waals surface area contributed by atoms with E-state index in [-0.39, 0.29) is 6.61 Å². The molecular weight excluding hydrogens is 473 g/mol. The van der Waals surface area contributed by atoms with E-state index in [0.717, 1.165) is 48.8 Å². The Morgan fingerprint density at radius 3 is 2.62 bits per heavy atom. The van der Waals surface area contributed by atoms with Crippen LogP contribution in [0.4, 0.5) is 17.2 Å². The summed E-state index contributed by atoms with van der Waals surface area (Å²) < 4.78 is 1.67. The second kappa shape index (κ2) is 11.7. The molecule has 0 amide bonds. The standard InChI is InChI=1S/C24H29Cl2N7O/c25-6-10-32(11-7-26)22-3-1-2-20(12-22)29-23-13-21(16-31-8-4-18(17-34)5-9-31)30-24-19(14-27)15-28-33(23)24/h1-3,12-13,15,18,29,34H,4-11,16-17H2. The summed E-state index contributed by atoms with van der Waals surface area (Å²) in [6.45, 7) is 4.19. The number of nitrogens with one attached hydrogen (secondary N) is 1. The molecule has 8 nitrogen and oxygen atoms in total. The van der Waals surface area contributed by atoms with E-state index in [1.165, 1.54) is 0 Å². The molecule has 1 aliphatic rings. The van der Waals surface area contributed by atoms with Crippen molar-refractivity contribution in [2.24, 2.45) is 5.92 Å². The Labute approximate surface area is 209 Å². The minimum Gasteiger partial charge on any atom is -0.396 e. The number of benzene rings is 1. The lowest BCUT2D eigenvalue weighted by Crippen LogP contribution is -2.34. The Morgan fingerprint density at radius 2 is 1.94 bits per heavy atom. The van der Waals surface area contributed by atoms with Gasteiger partial charge in [0, 0.05) is 55.4 Å². The van der Waals surface area contributed by atoms with Crippen LogP contribution >= 0.6 is 23.2 Å². The molecule has 34 heavy (non-hydrogen) atoms. The Hall–Kier alpha value is -2.57. The number of nitriles is 1. The number of rotatable bonds is 10. The van der Waals surface area contributed by atoms with Gasteiger partial charge in [-0.3, -0.25) is 4.90 Å². The molecule has 1 saturated heterocycles. The molecule has 1 aliphatic heterocycles. The third kappa shape index (κ3) is 5.73. The van der Waals surface area contributed by atoms with Crippen molar-refractivity contribution in [2.75, 3.05) is 54.8 Å². The molecule has 0 atom stereocenters. The van der Waals surface area contributed by atoms with E-state index in [2.05, 4.69) is 32.4 Å². The van der Waals surface area contributed by atoms with E-state index < -0.39 is 0 Å². The minimum absolute atomic E-state index is 0.250. The predicted octanol–water partition coefficient (Wildman–Crippen LogP) is 3.83. The SMILES string of the molecule is N#Cc1cnn2c(Nc3cccc(N(CCCl)CCCl)c3)cc(CN3CCC(CO)CC3)nc12. The maximum atomic E-state index is 9.55. The van der Waals surface area contributed by atoms with Crippen LogP contribution in [0.25, 0.3) is 5.65 Å². The highest BCUT2D eigenvalue weighted by Crippen LogP contribution is 2.26. The highest BCUT2D eigenvalue weighted by atomic mass is 35.5. The van der Waals surface area contributed by atoms with Crippen molar-refractivity contribution in [2.45, 2.75) is 19.4 Å².